The van der Waals surface area contributed by atoms with Crippen LogP contribution in [-0.4, -0.2) is 50.4 Å². The molecule has 1 aliphatic heterocycles. The fourth-order valence-electron chi connectivity index (χ4n) is 3.57. The van der Waals surface area contributed by atoms with Gasteiger partial charge in [0.05, 0.1) is 42.5 Å². The summed E-state index contributed by atoms with van der Waals surface area (Å²) in [6.45, 7) is 1.25. The van der Waals surface area contributed by atoms with E-state index >= 15 is 0 Å². The Kier molecular flexibility index (Phi) is 7.57. The molecule has 1 atom stereocenters. The summed E-state index contributed by atoms with van der Waals surface area (Å²) in [4.78, 5) is 22.0. The second-order valence-electron chi connectivity index (χ2n) is 7.13. The first kappa shape index (κ1) is 21.5. The Morgan fingerprint density at radius 3 is 2.70 bits per heavy atom. The molecule has 0 radical (unpaired) electrons. The predicted octanol–water partition coefficient (Wildman–Crippen LogP) is 2.94. The Hall–Kier alpha value is -3.19. The molecule has 158 valence electrons. The predicted molar refractivity (Wildman–Crippen MR) is 119 cm³/mol. The van der Waals surface area contributed by atoms with Crippen molar-refractivity contribution in [3.05, 3.63) is 59.9 Å². The first-order valence-electron chi connectivity index (χ1n) is 9.99. The molecular formula is C23H28N4O3. The number of nitrogens with two attached hydrogens (primary N) is 1. The first-order chi connectivity index (χ1) is 14.6. The van der Waals surface area contributed by atoms with Gasteiger partial charge in [-0.1, -0.05) is 30.3 Å². The number of Topliss-reactive ketones (excluding diaryl/α,β-unsaturated/α-hetero) is 1. The summed E-state index contributed by atoms with van der Waals surface area (Å²) < 4.78 is 10.8. The molecule has 1 aromatic carbocycles. The van der Waals surface area contributed by atoms with Gasteiger partial charge in [-0.25, -0.2) is 0 Å². The van der Waals surface area contributed by atoms with Crippen LogP contribution in [0.3, 0.4) is 0 Å². The lowest BCUT2D eigenvalue weighted by Gasteiger charge is -2.31. The molecule has 3 rings (SSSR count). The number of ketones is 1. The number of methoxy groups -OCH3 is 1. The highest BCUT2D eigenvalue weighted by molar-refractivity contribution is 6.21. The van der Waals surface area contributed by atoms with Crippen LogP contribution in [-0.2, 0) is 9.53 Å². The van der Waals surface area contributed by atoms with Gasteiger partial charge in [-0.05, 0) is 24.3 Å². The number of aliphatic imine (C=N–C) groups is 1. The van der Waals surface area contributed by atoms with Gasteiger partial charge in [-0.3, -0.25) is 14.8 Å². The molecule has 1 aromatic heterocycles. The van der Waals surface area contributed by atoms with Gasteiger partial charge in [0.2, 0.25) is 0 Å². The lowest BCUT2D eigenvalue weighted by Crippen LogP contribution is -2.41. The number of benzene rings is 1. The maximum Gasteiger partial charge on any atom is 0.188 e. The second kappa shape index (κ2) is 10.5. The van der Waals surface area contributed by atoms with E-state index < -0.39 is 6.04 Å². The number of nitrogens with one attached hydrogen (secondary N) is 1. The van der Waals surface area contributed by atoms with E-state index in [1.165, 1.54) is 0 Å². The summed E-state index contributed by atoms with van der Waals surface area (Å²) >= 11 is 0. The number of carbonyl (C=O) groups excluding carboxylic acids is 1. The molecule has 2 heterocycles. The van der Waals surface area contributed by atoms with Crippen LogP contribution in [0, 0.1) is 5.92 Å². The highest BCUT2D eigenvalue weighted by Crippen LogP contribution is 2.27. The lowest BCUT2D eigenvalue weighted by molar-refractivity contribution is -0.117. The Morgan fingerprint density at radius 2 is 2.03 bits per heavy atom. The van der Waals surface area contributed by atoms with E-state index in [0.29, 0.717) is 35.9 Å². The zero-order valence-corrected chi connectivity index (χ0v) is 17.4. The molecule has 2 aromatic rings. The van der Waals surface area contributed by atoms with Crippen molar-refractivity contribution in [2.24, 2.45) is 16.6 Å². The molecule has 7 nitrogen and oxygen atoms in total. The zero-order chi connectivity index (χ0) is 21.3. The topological polar surface area (TPSA) is 98.8 Å². The number of ether oxygens (including phenoxy) is 2. The molecule has 1 aliphatic rings. The van der Waals surface area contributed by atoms with Crippen molar-refractivity contribution in [1.82, 2.24) is 4.98 Å². The molecule has 1 fully saturated rings. The number of hydrogen-bond acceptors (Lipinski definition) is 7. The average molecular weight is 409 g/mol. The standard InChI is InChI=1S/C23H28N4O3/c1-25-15-20(21(24)16-6-4-3-5-7-16)23(28)22(17-8-10-30-11-9-17)27-18-12-19(29-2)14-26-13-18/h3-7,12-15,17,22,27H,8-11,24H2,1-2H3. The van der Waals surface area contributed by atoms with Crippen molar-refractivity contribution in [2.45, 2.75) is 18.9 Å². The summed E-state index contributed by atoms with van der Waals surface area (Å²) in [6, 6.07) is 10.8. The van der Waals surface area contributed by atoms with Crippen LogP contribution < -0.4 is 15.8 Å². The summed E-state index contributed by atoms with van der Waals surface area (Å²) in [5.74, 6) is 0.616. The number of carbonyl (C=O) groups is 1. The minimum absolute atomic E-state index is 0.0984. The fraction of sp³-hybridized carbons (Fsp3) is 0.348. The van der Waals surface area contributed by atoms with E-state index in [1.807, 2.05) is 36.4 Å². The molecule has 0 bridgehead atoms. The van der Waals surface area contributed by atoms with Crippen molar-refractivity contribution in [3.8, 4) is 5.75 Å². The smallest absolute Gasteiger partial charge is 0.188 e. The molecule has 0 amide bonds. The Balaban J connectivity index is 1.98. The summed E-state index contributed by atoms with van der Waals surface area (Å²) in [5, 5.41) is 3.37. The number of rotatable bonds is 8. The summed E-state index contributed by atoms with van der Waals surface area (Å²) in [5.41, 5.74) is 8.72. The van der Waals surface area contributed by atoms with Crippen LogP contribution in [0.25, 0.3) is 5.70 Å². The van der Waals surface area contributed by atoms with Gasteiger partial charge in [0.1, 0.15) is 5.75 Å². The highest BCUT2D eigenvalue weighted by atomic mass is 16.5. The molecule has 30 heavy (non-hydrogen) atoms. The first-order valence-corrected chi connectivity index (χ1v) is 9.99. The van der Waals surface area contributed by atoms with Crippen LogP contribution in [0.4, 0.5) is 5.69 Å². The van der Waals surface area contributed by atoms with Gasteiger partial charge in [-0.2, -0.15) is 0 Å². The Bertz CT molecular complexity index is 906. The van der Waals surface area contributed by atoms with Crippen molar-refractivity contribution in [3.63, 3.8) is 0 Å². The molecule has 0 saturated carbocycles. The number of anilines is 1. The van der Waals surface area contributed by atoms with Gasteiger partial charge in [0.15, 0.2) is 5.78 Å². The minimum Gasteiger partial charge on any atom is -0.495 e. The van der Waals surface area contributed by atoms with E-state index in [9.17, 15) is 4.79 Å². The highest BCUT2D eigenvalue weighted by Gasteiger charge is 2.32. The minimum atomic E-state index is -0.488. The van der Waals surface area contributed by atoms with E-state index in [-0.39, 0.29) is 11.7 Å². The molecular weight excluding hydrogens is 380 g/mol. The monoisotopic (exact) mass is 408 g/mol. The Labute approximate surface area is 177 Å². The van der Waals surface area contributed by atoms with E-state index in [0.717, 1.165) is 18.4 Å². The third-order valence-electron chi connectivity index (χ3n) is 5.19. The normalized spacial score (nSPS) is 16.7. The maximum absolute atomic E-state index is 13.7. The van der Waals surface area contributed by atoms with Gasteiger partial charge in [0, 0.05) is 32.5 Å². The van der Waals surface area contributed by atoms with Gasteiger partial charge in [0.25, 0.3) is 0 Å². The van der Waals surface area contributed by atoms with Gasteiger partial charge in [-0.15, -0.1) is 0 Å². The van der Waals surface area contributed by atoms with Crippen molar-refractivity contribution in [2.75, 3.05) is 32.7 Å². The van der Waals surface area contributed by atoms with Crippen LogP contribution in [0.5, 0.6) is 5.75 Å². The molecule has 1 unspecified atom stereocenters. The summed E-state index contributed by atoms with van der Waals surface area (Å²) in [6.07, 6.45) is 6.41. The maximum atomic E-state index is 13.7. The lowest BCUT2D eigenvalue weighted by atomic mass is 9.85. The fourth-order valence-corrected chi connectivity index (χ4v) is 3.57. The largest absolute Gasteiger partial charge is 0.495 e. The van der Waals surface area contributed by atoms with E-state index in [2.05, 4.69) is 15.3 Å². The SMILES string of the molecule is CN=CC(C(=O)C(Nc1cncc(OC)c1)C1CCOCC1)=C(N)c1ccccc1. The van der Waals surface area contributed by atoms with Crippen molar-refractivity contribution in [1.29, 1.82) is 0 Å². The van der Waals surface area contributed by atoms with Gasteiger partial charge < -0.3 is 20.5 Å². The van der Waals surface area contributed by atoms with Gasteiger partial charge >= 0.3 is 0 Å². The van der Waals surface area contributed by atoms with E-state index in [4.69, 9.17) is 15.2 Å². The second-order valence-corrected chi connectivity index (χ2v) is 7.13. The molecule has 3 N–H and O–H groups in total. The van der Waals surface area contributed by atoms with Crippen molar-refractivity contribution < 1.29 is 14.3 Å². The van der Waals surface area contributed by atoms with Crippen LogP contribution in [0.15, 0.2) is 59.4 Å². The van der Waals surface area contributed by atoms with Crippen LogP contribution in [0.2, 0.25) is 0 Å². The third-order valence-corrected chi connectivity index (χ3v) is 5.19. The molecule has 7 heteroatoms. The molecule has 0 aliphatic carbocycles. The number of hydrogen-bond donors (Lipinski definition) is 2. The van der Waals surface area contributed by atoms with E-state index in [1.54, 1.807) is 32.8 Å². The number of pyridine rings is 1. The van der Waals surface area contributed by atoms with Crippen LogP contribution >= 0.6 is 0 Å². The molecule has 0 spiro atoms. The zero-order valence-electron chi connectivity index (χ0n) is 17.4. The number of nitrogens with zero attached hydrogens (tertiary/aromatic N) is 2. The number of aromatic nitrogens is 1. The Morgan fingerprint density at radius 1 is 1.30 bits per heavy atom. The molecule has 1 saturated heterocycles. The quantitative estimate of drug-likeness (QED) is 0.515. The van der Waals surface area contributed by atoms with Crippen LogP contribution in [0.1, 0.15) is 18.4 Å². The summed E-state index contributed by atoms with van der Waals surface area (Å²) in [7, 11) is 3.22. The average Bonchev–Trinajstić information content (AvgIpc) is 2.81. The third kappa shape index (κ3) is 5.24. The van der Waals surface area contributed by atoms with Crippen molar-refractivity contribution >= 4 is 23.4 Å².